The van der Waals surface area contributed by atoms with Crippen LogP contribution in [0.2, 0.25) is 0 Å². The van der Waals surface area contributed by atoms with Gasteiger partial charge in [0.15, 0.2) is 0 Å². The minimum absolute atomic E-state index is 0.195. The number of carbonyl (C=O) groups excluding carboxylic acids is 1. The predicted octanol–water partition coefficient (Wildman–Crippen LogP) is 4.09. The first kappa shape index (κ1) is 15.6. The first-order valence-corrected chi connectivity index (χ1v) is 8.35. The lowest BCUT2D eigenvalue weighted by Gasteiger charge is -1.98. The highest BCUT2D eigenvalue weighted by molar-refractivity contribution is 8.45. The Morgan fingerprint density at radius 2 is 2.04 bits per heavy atom. The van der Waals surface area contributed by atoms with Gasteiger partial charge in [0.25, 0.3) is 0 Å². The molecule has 0 bridgehead atoms. The van der Waals surface area contributed by atoms with Crippen LogP contribution < -0.4 is 0 Å². The average Bonchev–Trinajstić information content (AvgIpc) is 3.14. The Hall–Kier alpha value is -2.32. The van der Waals surface area contributed by atoms with Gasteiger partial charge in [-0.25, -0.2) is 4.99 Å². The molecule has 3 rings (SSSR count). The molecule has 0 fully saturated rings. The summed E-state index contributed by atoms with van der Waals surface area (Å²) in [5.74, 6) is 0.593. The molecule has 1 aliphatic heterocycles. The zero-order chi connectivity index (χ0) is 16.2. The van der Waals surface area contributed by atoms with Crippen LogP contribution in [0.1, 0.15) is 11.3 Å². The van der Waals surface area contributed by atoms with E-state index in [2.05, 4.69) is 4.99 Å². The van der Waals surface area contributed by atoms with Gasteiger partial charge < -0.3 is 4.42 Å². The Balaban J connectivity index is 1.70. The number of rotatable bonds is 4. The maximum absolute atomic E-state index is 11.9. The third-order valence-corrected chi connectivity index (χ3v) is 4.96. The van der Waals surface area contributed by atoms with Gasteiger partial charge in [-0.05, 0) is 23.4 Å². The second kappa shape index (κ2) is 6.84. The lowest BCUT2D eigenvalue weighted by molar-refractivity contribution is -0.402. The fraction of sp³-hybridized carbons (Fsp3) is 0.0667. The first-order chi connectivity index (χ1) is 11.1. The Kier molecular flexibility index (Phi) is 4.63. The van der Waals surface area contributed by atoms with Crippen molar-refractivity contribution in [1.82, 2.24) is 0 Å². The second-order valence-corrected chi connectivity index (χ2v) is 6.69. The first-order valence-electron chi connectivity index (χ1n) is 6.55. The molecule has 0 radical (unpaired) electrons. The Labute approximate surface area is 139 Å². The predicted molar refractivity (Wildman–Crippen MR) is 91.1 cm³/mol. The molecule has 0 aliphatic carbocycles. The molecule has 8 heteroatoms. The van der Waals surface area contributed by atoms with Crippen molar-refractivity contribution < 1.29 is 14.1 Å². The van der Waals surface area contributed by atoms with E-state index in [-0.39, 0.29) is 22.5 Å². The zero-order valence-corrected chi connectivity index (χ0v) is 13.3. The largest absolute Gasteiger partial charge is 0.433 e. The van der Waals surface area contributed by atoms with Gasteiger partial charge >= 0.3 is 5.88 Å². The molecule has 2 aromatic rings. The molecule has 0 amide bonds. The summed E-state index contributed by atoms with van der Waals surface area (Å²) < 4.78 is 5.67. The molecular formula is C15H10N2O4S2. The van der Waals surface area contributed by atoms with Crippen LogP contribution in [0.25, 0.3) is 6.08 Å². The quantitative estimate of drug-likeness (QED) is 0.471. The van der Waals surface area contributed by atoms with Crippen molar-refractivity contribution in [3.8, 4) is 0 Å². The number of hydrogen-bond donors (Lipinski definition) is 0. The molecule has 1 aromatic heterocycles. The minimum atomic E-state index is -0.627. The zero-order valence-electron chi connectivity index (χ0n) is 11.7. The molecule has 0 N–H and O–H groups in total. The number of thioether (sulfide) groups is 2. The van der Waals surface area contributed by atoms with Crippen molar-refractivity contribution >= 4 is 45.0 Å². The monoisotopic (exact) mass is 346 g/mol. The summed E-state index contributed by atoms with van der Waals surface area (Å²) in [5, 5.41) is 10.4. The molecule has 6 nitrogen and oxygen atoms in total. The lowest BCUT2D eigenvalue weighted by atomic mass is 10.2. The summed E-state index contributed by atoms with van der Waals surface area (Å²) >= 11 is 2.53. The van der Waals surface area contributed by atoms with Gasteiger partial charge in [0.05, 0.1) is 6.07 Å². The molecular weight excluding hydrogens is 336 g/mol. The van der Waals surface area contributed by atoms with E-state index in [0.717, 1.165) is 23.1 Å². The summed E-state index contributed by atoms with van der Waals surface area (Å²) in [7, 11) is 0. The van der Waals surface area contributed by atoms with Crippen molar-refractivity contribution in [1.29, 1.82) is 0 Å². The van der Waals surface area contributed by atoms with E-state index in [4.69, 9.17) is 4.42 Å². The van der Waals surface area contributed by atoms with Crippen molar-refractivity contribution in [3.63, 3.8) is 0 Å². The van der Waals surface area contributed by atoms with Crippen LogP contribution in [-0.4, -0.2) is 14.4 Å². The van der Waals surface area contributed by atoms with Crippen LogP contribution in [0.15, 0.2) is 57.6 Å². The average molecular weight is 346 g/mol. The molecule has 0 unspecified atom stereocenters. The van der Waals surface area contributed by atoms with Gasteiger partial charge in [0, 0.05) is 11.8 Å². The third-order valence-electron chi connectivity index (χ3n) is 2.88. The van der Waals surface area contributed by atoms with E-state index in [9.17, 15) is 14.9 Å². The summed E-state index contributed by atoms with van der Waals surface area (Å²) in [6.07, 6.45) is 1.42. The number of hydrogen-bond acceptors (Lipinski definition) is 7. The standard InChI is InChI=1S/C15H10N2O4S2/c18-14-12(8-11-6-7-13(21-11)17(19)20)16-15(23-14)22-9-10-4-2-1-3-5-10/h1-8H,9H2. The fourth-order valence-electron chi connectivity index (χ4n) is 1.82. The SMILES string of the molecule is O=C1SC(SCc2ccccc2)=NC1=Cc1ccc([N+](=O)[O-])o1. The maximum Gasteiger partial charge on any atom is 0.433 e. The Morgan fingerprint density at radius 3 is 2.74 bits per heavy atom. The lowest BCUT2D eigenvalue weighted by Crippen LogP contribution is -1.88. The smallest absolute Gasteiger partial charge is 0.401 e. The van der Waals surface area contributed by atoms with E-state index in [1.165, 1.54) is 30.0 Å². The molecule has 0 saturated carbocycles. The summed E-state index contributed by atoms with van der Waals surface area (Å²) in [6, 6.07) is 12.6. The van der Waals surface area contributed by atoms with Gasteiger partial charge in [0.2, 0.25) is 5.12 Å². The van der Waals surface area contributed by atoms with Crippen molar-refractivity contribution in [2.45, 2.75) is 5.75 Å². The van der Waals surface area contributed by atoms with Gasteiger partial charge in [-0.3, -0.25) is 14.9 Å². The third kappa shape index (κ3) is 3.91. The fourth-order valence-corrected chi connectivity index (χ4v) is 3.62. The topological polar surface area (TPSA) is 85.7 Å². The highest BCUT2D eigenvalue weighted by Crippen LogP contribution is 2.33. The van der Waals surface area contributed by atoms with Crippen LogP contribution in [0.4, 0.5) is 5.88 Å². The van der Waals surface area contributed by atoms with E-state index >= 15 is 0 Å². The summed E-state index contributed by atoms with van der Waals surface area (Å²) in [4.78, 5) is 26.1. The molecule has 2 heterocycles. The van der Waals surface area contributed by atoms with E-state index in [0.29, 0.717) is 4.38 Å². The van der Waals surface area contributed by atoms with Crippen LogP contribution in [0.5, 0.6) is 0 Å². The Bertz CT molecular complexity index is 812. The number of benzene rings is 1. The highest BCUT2D eigenvalue weighted by Gasteiger charge is 2.23. The normalized spacial score (nSPS) is 15.9. The van der Waals surface area contributed by atoms with E-state index < -0.39 is 4.92 Å². The number of aliphatic imine (C=N–C) groups is 1. The summed E-state index contributed by atoms with van der Waals surface area (Å²) in [5.41, 5.74) is 1.38. The minimum Gasteiger partial charge on any atom is -0.401 e. The van der Waals surface area contributed by atoms with E-state index in [1.54, 1.807) is 0 Å². The Morgan fingerprint density at radius 1 is 1.26 bits per heavy atom. The van der Waals surface area contributed by atoms with E-state index in [1.807, 2.05) is 30.3 Å². The van der Waals surface area contributed by atoms with Crippen molar-refractivity contribution in [2.75, 3.05) is 0 Å². The molecule has 116 valence electrons. The molecule has 1 aliphatic rings. The van der Waals surface area contributed by atoms with Crippen molar-refractivity contribution in [2.24, 2.45) is 4.99 Å². The van der Waals surface area contributed by atoms with Gasteiger partial charge in [-0.15, -0.1) is 0 Å². The molecule has 0 saturated heterocycles. The van der Waals surface area contributed by atoms with Crippen LogP contribution in [0.3, 0.4) is 0 Å². The van der Waals surface area contributed by atoms with Crippen LogP contribution >= 0.6 is 23.5 Å². The molecule has 0 atom stereocenters. The van der Waals surface area contributed by atoms with Gasteiger partial charge in [-0.2, -0.15) is 0 Å². The molecule has 23 heavy (non-hydrogen) atoms. The van der Waals surface area contributed by atoms with Crippen molar-refractivity contribution in [3.05, 3.63) is 69.6 Å². The van der Waals surface area contributed by atoms with Gasteiger partial charge in [0.1, 0.15) is 20.8 Å². The number of carbonyl (C=O) groups is 1. The second-order valence-electron chi connectivity index (χ2n) is 4.50. The highest BCUT2D eigenvalue weighted by atomic mass is 32.2. The van der Waals surface area contributed by atoms with Crippen LogP contribution in [-0.2, 0) is 10.5 Å². The van der Waals surface area contributed by atoms with Gasteiger partial charge in [-0.1, -0.05) is 42.1 Å². The molecule has 1 aromatic carbocycles. The number of nitrogens with zero attached hydrogens (tertiary/aromatic N) is 2. The maximum atomic E-state index is 11.9. The van der Waals surface area contributed by atoms with Crippen LogP contribution in [0, 0.1) is 10.1 Å². The number of nitro groups is 1. The number of furan rings is 1. The summed E-state index contributed by atoms with van der Waals surface area (Å²) in [6.45, 7) is 0. The molecule has 0 spiro atoms.